The summed E-state index contributed by atoms with van der Waals surface area (Å²) in [5.41, 5.74) is 0.497. The predicted octanol–water partition coefficient (Wildman–Crippen LogP) is 2.66. The van der Waals surface area contributed by atoms with E-state index in [0.717, 1.165) is 5.76 Å². The molecule has 0 fully saturated rings. The molecule has 0 radical (unpaired) electrons. The lowest BCUT2D eigenvalue weighted by molar-refractivity contribution is 0.0946. The quantitative estimate of drug-likeness (QED) is 0.794. The minimum Gasteiger partial charge on any atom is -0.497 e. The van der Waals surface area contributed by atoms with Crippen LogP contribution in [0, 0.1) is 0 Å². The highest BCUT2D eigenvalue weighted by Gasteiger charge is 2.19. The number of furan rings is 1. The van der Waals surface area contributed by atoms with Crippen molar-refractivity contribution < 1.29 is 18.7 Å². The summed E-state index contributed by atoms with van der Waals surface area (Å²) < 4.78 is 15.6. The van der Waals surface area contributed by atoms with Crippen molar-refractivity contribution in [2.45, 2.75) is 19.5 Å². The molecule has 0 saturated heterocycles. The van der Waals surface area contributed by atoms with Gasteiger partial charge in [0.2, 0.25) is 0 Å². The first-order valence-electron chi connectivity index (χ1n) is 6.67. The number of carbonyl (C=O) groups excluding carboxylic acids is 1. The summed E-state index contributed by atoms with van der Waals surface area (Å²) in [5.74, 6) is 1.88. The Labute approximate surface area is 123 Å². The van der Waals surface area contributed by atoms with Gasteiger partial charge >= 0.3 is 0 Å². The maximum Gasteiger partial charge on any atom is 0.183 e. The first-order valence-corrected chi connectivity index (χ1v) is 6.67. The van der Waals surface area contributed by atoms with E-state index in [9.17, 15) is 4.79 Å². The van der Waals surface area contributed by atoms with Crippen LogP contribution in [0.2, 0.25) is 0 Å². The molecule has 0 aliphatic heterocycles. The molecular weight excluding hydrogens is 270 g/mol. The van der Waals surface area contributed by atoms with Crippen LogP contribution in [0.1, 0.15) is 23.0 Å². The molecule has 1 aromatic carbocycles. The summed E-state index contributed by atoms with van der Waals surface area (Å²) in [4.78, 5) is 12.5. The molecule has 0 aliphatic carbocycles. The first kappa shape index (κ1) is 15.1. The van der Waals surface area contributed by atoms with E-state index in [2.05, 4.69) is 5.32 Å². The summed E-state index contributed by atoms with van der Waals surface area (Å²) in [5, 5.41) is 3.13. The van der Waals surface area contributed by atoms with Crippen molar-refractivity contribution in [3.05, 3.63) is 47.9 Å². The van der Waals surface area contributed by atoms with Gasteiger partial charge in [-0.05, 0) is 37.3 Å². The lowest BCUT2D eigenvalue weighted by Crippen LogP contribution is -2.33. The van der Waals surface area contributed by atoms with Crippen molar-refractivity contribution in [3.8, 4) is 11.5 Å². The van der Waals surface area contributed by atoms with Crippen molar-refractivity contribution in [1.82, 2.24) is 5.32 Å². The van der Waals surface area contributed by atoms with E-state index in [1.165, 1.54) is 0 Å². The van der Waals surface area contributed by atoms with Gasteiger partial charge in [-0.3, -0.25) is 4.79 Å². The second-order valence-corrected chi connectivity index (χ2v) is 4.61. The number of carbonyl (C=O) groups is 1. The van der Waals surface area contributed by atoms with Crippen LogP contribution in [0.15, 0.2) is 41.0 Å². The standard InChI is InChI=1S/C16H19NO4/c1-11(17-10-13-5-4-8-21-13)16(18)14-9-12(19-2)6-7-15(14)20-3/h4-9,11,17H,10H2,1-3H3. The Bertz CT molecular complexity index is 592. The Morgan fingerprint density at radius 3 is 2.71 bits per heavy atom. The highest BCUT2D eigenvalue weighted by molar-refractivity contribution is 6.02. The Morgan fingerprint density at radius 2 is 2.10 bits per heavy atom. The van der Waals surface area contributed by atoms with Gasteiger partial charge in [-0.1, -0.05) is 0 Å². The van der Waals surface area contributed by atoms with E-state index in [0.29, 0.717) is 23.6 Å². The predicted molar refractivity (Wildman–Crippen MR) is 78.9 cm³/mol. The molecule has 112 valence electrons. The van der Waals surface area contributed by atoms with Crippen LogP contribution in [0.25, 0.3) is 0 Å². The van der Waals surface area contributed by atoms with Gasteiger partial charge in [-0.15, -0.1) is 0 Å². The number of methoxy groups -OCH3 is 2. The maximum absolute atomic E-state index is 12.5. The van der Waals surface area contributed by atoms with E-state index in [-0.39, 0.29) is 11.8 Å². The molecule has 0 saturated carbocycles. The molecule has 21 heavy (non-hydrogen) atoms. The van der Waals surface area contributed by atoms with Gasteiger partial charge < -0.3 is 19.2 Å². The molecule has 5 heteroatoms. The smallest absolute Gasteiger partial charge is 0.183 e. The SMILES string of the molecule is COc1ccc(OC)c(C(=O)C(C)NCc2ccco2)c1. The summed E-state index contributed by atoms with van der Waals surface area (Å²) in [6.45, 7) is 2.30. The monoisotopic (exact) mass is 289 g/mol. The molecule has 1 atom stereocenters. The molecule has 1 aromatic heterocycles. The molecule has 0 bridgehead atoms. The van der Waals surface area contributed by atoms with Gasteiger partial charge in [0.25, 0.3) is 0 Å². The number of benzene rings is 1. The van der Waals surface area contributed by atoms with Gasteiger partial charge in [0.1, 0.15) is 17.3 Å². The van der Waals surface area contributed by atoms with E-state index < -0.39 is 0 Å². The summed E-state index contributed by atoms with van der Waals surface area (Å²) in [7, 11) is 3.11. The number of nitrogens with one attached hydrogen (secondary N) is 1. The highest BCUT2D eigenvalue weighted by atomic mass is 16.5. The lowest BCUT2D eigenvalue weighted by atomic mass is 10.0. The fraction of sp³-hybridized carbons (Fsp3) is 0.312. The minimum absolute atomic E-state index is 0.0580. The minimum atomic E-state index is -0.365. The van der Waals surface area contributed by atoms with E-state index >= 15 is 0 Å². The van der Waals surface area contributed by atoms with E-state index in [1.807, 2.05) is 19.1 Å². The van der Waals surface area contributed by atoms with Crippen LogP contribution in [0.3, 0.4) is 0 Å². The van der Waals surface area contributed by atoms with Crippen molar-refractivity contribution in [3.63, 3.8) is 0 Å². The third-order valence-corrected chi connectivity index (χ3v) is 3.23. The molecule has 5 nitrogen and oxygen atoms in total. The van der Waals surface area contributed by atoms with Gasteiger partial charge in [0.15, 0.2) is 5.78 Å². The maximum atomic E-state index is 12.5. The third-order valence-electron chi connectivity index (χ3n) is 3.23. The number of Topliss-reactive ketones (excluding diaryl/α,β-unsaturated/α-hetero) is 1. The molecule has 2 aromatic rings. The number of ketones is 1. The average molecular weight is 289 g/mol. The van der Waals surface area contributed by atoms with Crippen molar-refractivity contribution in [1.29, 1.82) is 0 Å². The Hall–Kier alpha value is -2.27. The molecule has 1 unspecified atom stereocenters. The molecule has 1 heterocycles. The van der Waals surface area contributed by atoms with Crippen LogP contribution in [-0.2, 0) is 6.54 Å². The van der Waals surface area contributed by atoms with Crippen LogP contribution in [0.5, 0.6) is 11.5 Å². The molecule has 0 aliphatic rings. The highest BCUT2D eigenvalue weighted by Crippen LogP contribution is 2.25. The zero-order valence-electron chi connectivity index (χ0n) is 12.4. The fourth-order valence-corrected chi connectivity index (χ4v) is 2.00. The number of hydrogen-bond acceptors (Lipinski definition) is 5. The molecule has 0 amide bonds. The van der Waals surface area contributed by atoms with Crippen molar-refractivity contribution >= 4 is 5.78 Å². The topological polar surface area (TPSA) is 60.7 Å². The Kier molecular flexibility index (Phi) is 5.00. The summed E-state index contributed by atoms with van der Waals surface area (Å²) >= 11 is 0. The molecule has 0 spiro atoms. The zero-order chi connectivity index (χ0) is 15.2. The van der Waals surface area contributed by atoms with Gasteiger partial charge in [-0.25, -0.2) is 0 Å². The van der Waals surface area contributed by atoms with Crippen molar-refractivity contribution in [2.24, 2.45) is 0 Å². The Morgan fingerprint density at radius 1 is 1.29 bits per heavy atom. The van der Waals surface area contributed by atoms with Crippen LogP contribution < -0.4 is 14.8 Å². The van der Waals surface area contributed by atoms with E-state index in [1.54, 1.807) is 38.7 Å². The summed E-state index contributed by atoms with van der Waals surface area (Å²) in [6.07, 6.45) is 1.61. The number of ether oxygens (including phenoxy) is 2. The second kappa shape index (κ2) is 6.95. The van der Waals surface area contributed by atoms with Gasteiger partial charge in [0.05, 0.1) is 38.6 Å². The number of hydrogen-bond donors (Lipinski definition) is 1. The van der Waals surface area contributed by atoms with Gasteiger partial charge in [0, 0.05) is 0 Å². The zero-order valence-corrected chi connectivity index (χ0v) is 12.4. The van der Waals surface area contributed by atoms with Crippen LogP contribution >= 0.6 is 0 Å². The third kappa shape index (κ3) is 3.64. The van der Waals surface area contributed by atoms with E-state index in [4.69, 9.17) is 13.9 Å². The first-order chi connectivity index (χ1) is 10.2. The number of rotatable bonds is 7. The second-order valence-electron chi connectivity index (χ2n) is 4.61. The fourth-order valence-electron chi connectivity index (χ4n) is 2.00. The Balaban J connectivity index is 2.10. The molecular formula is C16H19NO4. The summed E-state index contributed by atoms with van der Waals surface area (Å²) in [6, 6.07) is 8.48. The normalized spacial score (nSPS) is 12.0. The van der Waals surface area contributed by atoms with Crippen molar-refractivity contribution in [2.75, 3.05) is 14.2 Å². The van der Waals surface area contributed by atoms with Crippen LogP contribution in [0.4, 0.5) is 0 Å². The van der Waals surface area contributed by atoms with Gasteiger partial charge in [-0.2, -0.15) is 0 Å². The molecule has 2 rings (SSSR count). The largest absolute Gasteiger partial charge is 0.497 e. The van der Waals surface area contributed by atoms with Crippen LogP contribution in [-0.4, -0.2) is 26.0 Å². The molecule has 1 N–H and O–H groups in total. The average Bonchev–Trinajstić information content (AvgIpc) is 3.04. The lowest BCUT2D eigenvalue weighted by Gasteiger charge is -2.15.